The van der Waals surface area contributed by atoms with Crippen LogP contribution < -0.4 is 0 Å². The molecule has 0 bridgehead atoms. The fourth-order valence-corrected chi connectivity index (χ4v) is 1.95. The Labute approximate surface area is 69.7 Å². The molecule has 1 unspecified atom stereocenters. The zero-order valence-corrected chi connectivity index (χ0v) is 7.67. The molecule has 6 heteroatoms. The van der Waals surface area contributed by atoms with Gasteiger partial charge in [0.1, 0.15) is 0 Å². The SMILES string of the molecule is CCC(CC(F)(F)F)S(C)(=O)=O. The van der Waals surface area contributed by atoms with Crippen LogP contribution in [0.4, 0.5) is 13.2 Å². The van der Waals surface area contributed by atoms with Gasteiger partial charge in [-0.15, -0.1) is 0 Å². The molecule has 1 atom stereocenters. The first-order chi connectivity index (χ1) is 5.17. The summed E-state index contributed by atoms with van der Waals surface area (Å²) in [6.07, 6.45) is -4.82. The number of sulfone groups is 1. The van der Waals surface area contributed by atoms with E-state index in [1.807, 2.05) is 0 Å². The van der Waals surface area contributed by atoms with Crippen LogP contribution in [0.2, 0.25) is 0 Å². The van der Waals surface area contributed by atoms with Gasteiger partial charge in [-0.25, -0.2) is 8.42 Å². The van der Waals surface area contributed by atoms with E-state index in [9.17, 15) is 21.6 Å². The van der Waals surface area contributed by atoms with Crippen LogP contribution in [0.5, 0.6) is 0 Å². The van der Waals surface area contributed by atoms with Gasteiger partial charge in [0.05, 0.1) is 11.7 Å². The molecule has 0 aliphatic heterocycles. The number of rotatable bonds is 3. The number of hydrogen-bond donors (Lipinski definition) is 0. The highest BCUT2D eigenvalue weighted by molar-refractivity contribution is 7.91. The lowest BCUT2D eigenvalue weighted by Crippen LogP contribution is -2.26. The van der Waals surface area contributed by atoms with Crippen LogP contribution in [0.1, 0.15) is 19.8 Å². The first-order valence-electron chi connectivity index (χ1n) is 3.42. The second kappa shape index (κ2) is 3.64. The summed E-state index contributed by atoms with van der Waals surface area (Å²) in [4.78, 5) is 0. The largest absolute Gasteiger partial charge is 0.390 e. The Bertz CT molecular complexity index is 230. The van der Waals surface area contributed by atoms with Gasteiger partial charge < -0.3 is 0 Å². The van der Waals surface area contributed by atoms with Gasteiger partial charge in [0.15, 0.2) is 9.84 Å². The highest BCUT2D eigenvalue weighted by Gasteiger charge is 2.35. The fraction of sp³-hybridized carbons (Fsp3) is 1.00. The summed E-state index contributed by atoms with van der Waals surface area (Å²) >= 11 is 0. The summed E-state index contributed by atoms with van der Waals surface area (Å²) in [6, 6.07) is 0. The molecule has 0 aromatic heterocycles. The van der Waals surface area contributed by atoms with Gasteiger partial charge in [-0.05, 0) is 6.42 Å². The zero-order valence-electron chi connectivity index (χ0n) is 6.85. The highest BCUT2D eigenvalue weighted by Crippen LogP contribution is 2.25. The number of alkyl halides is 3. The van der Waals surface area contributed by atoms with Crippen molar-refractivity contribution in [1.82, 2.24) is 0 Å². The van der Waals surface area contributed by atoms with Crippen LogP contribution in [0.15, 0.2) is 0 Å². The molecule has 74 valence electrons. The molecule has 0 rings (SSSR count). The third kappa shape index (κ3) is 4.58. The Morgan fingerprint density at radius 3 is 1.83 bits per heavy atom. The van der Waals surface area contributed by atoms with E-state index in [4.69, 9.17) is 0 Å². The Morgan fingerprint density at radius 2 is 1.75 bits per heavy atom. The van der Waals surface area contributed by atoms with Crippen LogP contribution in [0, 0.1) is 0 Å². The minimum Gasteiger partial charge on any atom is -0.229 e. The molecule has 12 heavy (non-hydrogen) atoms. The van der Waals surface area contributed by atoms with Crippen LogP contribution in [0.3, 0.4) is 0 Å². The number of halogens is 3. The minimum atomic E-state index is -4.40. The van der Waals surface area contributed by atoms with Crippen LogP contribution in [0.25, 0.3) is 0 Å². The molecular weight excluding hydrogens is 193 g/mol. The van der Waals surface area contributed by atoms with Crippen LogP contribution in [-0.4, -0.2) is 26.1 Å². The van der Waals surface area contributed by atoms with E-state index in [1.165, 1.54) is 6.92 Å². The predicted molar refractivity (Wildman–Crippen MR) is 39.6 cm³/mol. The van der Waals surface area contributed by atoms with Crippen molar-refractivity contribution in [3.8, 4) is 0 Å². The van der Waals surface area contributed by atoms with Crippen molar-refractivity contribution in [2.45, 2.75) is 31.2 Å². The van der Waals surface area contributed by atoms with Crippen molar-refractivity contribution in [3.63, 3.8) is 0 Å². The maximum Gasteiger partial charge on any atom is 0.390 e. The Hall–Kier alpha value is -0.260. The standard InChI is InChI=1S/C6H11F3O2S/c1-3-5(12(2,10)11)4-6(7,8)9/h5H,3-4H2,1-2H3. The van der Waals surface area contributed by atoms with E-state index in [1.54, 1.807) is 0 Å². The molecule has 0 saturated carbocycles. The average molecular weight is 204 g/mol. The van der Waals surface area contributed by atoms with E-state index >= 15 is 0 Å². The third-order valence-corrected chi connectivity index (χ3v) is 3.23. The third-order valence-electron chi connectivity index (χ3n) is 1.52. The fourth-order valence-electron chi connectivity index (χ4n) is 0.857. The molecule has 0 saturated heterocycles. The van der Waals surface area contributed by atoms with Gasteiger partial charge in [0, 0.05) is 6.26 Å². The molecule has 0 heterocycles. The lowest BCUT2D eigenvalue weighted by atomic mass is 10.2. The molecule has 0 fully saturated rings. The first-order valence-corrected chi connectivity index (χ1v) is 5.38. The van der Waals surface area contributed by atoms with Crippen molar-refractivity contribution in [3.05, 3.63) is 0 Å². The van der Waals surface area contributed by atoms with Gasteiger partial charge in [-0.1, -0.05) is 6.92 Å². The maximum atomic E-state index is 11.8. The van der Waals surface area contributed by atoms with E-state index in [2.05, 4.69) is 0 Å². The Kier molecular flexibility index (Phi) is 3.56. The summed E-state index contributed by atoms with van der Waals surface area (Å²) < 4.78 is 56.8. The predicted octanol–water partition coefficient (Wildman–Crippen LogP) is 1.76. The summed E-state index contributed by atoms with van der Waals surface area (Å²) in [6.45, 7) is 1.43. The first kappa shape index (κ1) is 11.7. The second-order valence-electron chi connectivity index (χ2n) is 2.68. The van der Waals surface area contributed by atoms with E-state index in [0.717, 1.165) is 6.26 Å². The molecule has 0 amide bonds. The quantitative estimate of drug-likeness (QED) is 0.702. The van der Waals surface area contributed by atoms with Gasteiger partial charge >= 0.3 is 6.18 Å². The lowest BCUT2D eigenvalue weighted by Gasteiger charge is -2.14. The molecule has 0 aromatic carbocycles. The van der Waals surface area contributed by atoms with Crippen molar-refractivity contribution in [2.24, 2.45) is 0 Å². The van der Waals surface area contributed by atoms with Crippen molar-refractivity contribution in [2.75, 3.05) is 6.26 Å². The van der Waals surface area contributed by atoms with E-state index in [-0.39, 0.29) is 6.42 Å². The summed E-state index contributed by atoms with van der Waals surface area (Å²) in [5.41, 5.74) is 0. The van der Waals surface area contributed by atoms with Gasteiger partial charge in [-0.2, -0.15) is 13.2 Å². The molecule has 0 radical (unpaired) electrons. The van der Waals surface area contributed by atoms with Gasteiger partial charge in [-0.3, -0.25) is 0 Å². The molecule has 0 aromatic rings. The molecule has 0 aliphatic rings. The smallest absolute Gasteiger partial charge is 0.229 e. The lowest BCUT2D eigenvalue weighted by molar-refractivity contribution is -0.134. The average Bonchev–Trinajstić information content (AvgIpc) is 1.78. The summed E-state index contributed by atoms with van der Waals surface area (Å²) in [5, 5.41) is -1.29. The normalized spacial score (nSPS) is 16.1. The number of hydrogen-bond acceptors (Lipinski definition) is 2. The van der Waals surface area contributed by atoms with Crippen molar-refractivity contribution >= 4 is 9.84 Å². The molecular formula is C6H11F3O2S. The second-order valence-corrected chi connectivity index (χ2v) is 5.00. The molecule has 0 spiro atoms. The minimum absolute atomic E-state index is 0.00164. The Balaban J connectivity index is 4.41. The van der Waals surface area contributed by atoms with Crippen molar-refractivity contribution < 1.29 is 21.6 Å². The van der Waals surface area contributed by atoms with Gasteiger partial charge in [0.25, 0.3) is 0 Å². The monoisotopic (exact) mass is 204 g/mol. The zero-order chi connectivity index (χ0) is 9.99. The molecule has 0 N–H and O–H groups in total. The van der Waals surface area contributed by atoms with Crippen LogP contribution >= 0.6 is 0 Å². The highest BCUT2D eigenvalue weighted by atomic mass is 32.2. The van der Waals surface area contributed by atoms with Gasteiger partial charge in [0.2, 0.25) is 0 Å². The van der Waals surface area contributed by atoms with Crippen molar-refractivity contribution in [1.29, 1.82) is 0 Å². The molecule has 0 aliphatic carbocycles. The molecule has 2 nitrogen and oxygen atoms in total. The van der Waals surface area contributed by atoms with Crippen LogP contribution in [-0.2, 0) is 9.84 Å². The maximum absolute atomic E-state index is 11.8. The topological polar surface area (TPSA) is 34.1 Å². The van der Waals surface area contributed by atoms with E-state index < -0.39 is 27.7 Å². The van der Waals surface area contributed by atoms with E-state index in [0.29, 0.717) is 0 Å². The summed E-state index contributed by atoms with van der Waals surface area (Å²) in [7, 11) is -3.57. The summed E-state index contributed by atoms with van der Waals surface area (Å²) in [5.74, 6) is 0. The Morgan fingerprint density at radius 1 is 1.33 bits per heavy atom.